The van der Waals surface area contributed by atoms with Gasteiger partial charge in [0.25, 0.3) is 0 Å². The largest absolute Gasteiger partial charge is 0.329 e. The van der Waals surface area contributed by atoms with E-state index in [1.54, 1.807) is 16.2 Å². The van der Waals surface area contributed by atoms with Gasteiger partial charge in [0.15, 0.2) is 0 Å². The van der Waals surface area contributed by atoms with Crippen LogP contribution in [0.2, 0.25) is 0 Å². The zero-order valence-corrected chi connectivity index (χ0v) is 26.6. The van der Waals surface area contributed by atoms with Crippen molar-refractivity contribution in [3.05, 3.63) is 64.1 Å². The van der Waals surface area contributed by atoms with E-state index in [0.29, 0.717) is 18.3 Å². The maximum Gasteiger partial charge on any atom is 0.329 e. The monoisotopic (exact) mass is 620 g/mol. The lowest BCUT2D eigenvalue weighted by Crippen LogP contribution is -2.44. The molecule has 236 valence electrons. The molecule has 0 spiro atoms. The number of carbonyl (C=O) groups excluding carboxylic acids is 2. The molecule has 0 saturated carbocycles. The zero-order chi connectivity index (χ0) is 31.0. The molecule has 0 aliphatic carbocycles. The lowest BCUT2D eigenvalue weighted by atomic mass is 9.88. The van der Waals surface area contributed by atoms with Crippen LogP contribution >= 0.6 is 0 Å². The van der Waals surface area contributed by atoms with Gasteiger partial charge in [0.05, 0.1) is 15.9 Å². The number of rotatable bonds is 8. The average Bonchev–Trinajstić information content (AvgIpc) is 3.27. The fourth-order valence-electron chi connectivity index (χ4n) is 7.33. The predicted molar refractivity (Wildman–Crippen MR) is 172 cm³/mol. The van der Waals surface area contributed by atoms with E-state index >= 15 is 0 Å². The van der Waals surface area contributed by atoms with Crippen molar-refractivity contribution in [1.82, 2.24) is 23.7 Å². The predicted octanol–water partition coefficient (Wildman–Crippen LogP) is 2.82. The van der Waals surface area contributed by atoms with Gasteiger partial charge in [-0.25, -0.2) is 13.3 Å². The molecule has 3 saturated heterocycles. The number of hydrogen-bond acceptors (Lipinski definition) is 6. The minimum absolute atomic E-state index is 0.217. The number of piperidine rings is 3. The maximum absolute atomic E-state index is 13.4. The molecule has 3 fully saturated rings. The Labute approximate surface area is 261 Å². The standard InChI is InChI=1S/C33H44N6O4S/c1-22(19-23-5-3-6-26(20-23)44(43)38-17-13-25(34)14-18-38)21-37-15-11-24(12-16-37)27-7-4-8-28-31(27)36(2)33(42)39(28)29-9-10-30(40)35-32(29)41/h3-8,20,22,24-25,29H,9-19,21,34H2,1-2H3,(H,35,40,41). The van der Waals surface area contributed by atoms with Crippen molar-refractivity contribution in [1.29, 1.82) is 0 Å². The minimum atomic E-state index is -1.14. The van der Waals surface area contributed by atoms with E-state index in [1.807, 2.05) is 28.6 Å². The lowest BCUT2D eigenvalue weighted by Gasteiger charge is -2.34. The summed E-state index contributed by atoms with van der Waals surface area (Å²) in [6.45, 7) is 6.80. The number of likely N-dealkylation sites (tertiary alicyclic amines) is 1. The number of hydrogen-bond donors (Lipinski definition) is 2. The van der Waals surface area contributed by atoms with Gasteiger partial charge >= 0.3 is 5.69 Å². The molecule has 6 rings (SSSR count). The van der Waals surface area contributed by atoms with E-state index in [2.05, 4.69) is 35.3 Å². The molecule has 11 heteroatoms. The molecule has 2 aromatic carbocycles. The van der Waals surface area contributed by atoms with E-state index in [0.717, 1.165) is 86.3 Å². The van der Waals surface area contributed by atoms with Crippen LogP contribution in [0.25, 0.3) is 11.0 Å². The third kappa shape index (κ3) is 6.33. The van der Waals surface area contributed by atoms with E-state index in [1.165, 1.54) is 5.56 Å². The van der Waals surface area contributed by atoms with Crippen LogP contribution in [0, 0.1) is 5.92 Å². The molecule has 44 heavy (non-hydrogen) atoms. The van der Waals surface area contributed by atoms with Gasteiger partial charge in [0.2, 0.25) is 11.8 Å². The SMILES string of the molecule is CC(Cc1cccc(S(=O)N2CCC(N)CC2)c1)CN1CCC(c2cccc3c2n(C)c(=O)n3C2CCC(=O)NC2=O)CC1. The van der Waals surface area contributed by atoms with Crippen molar-refractivity contribution >= 4 is 33.8 Å². The third-order valence-electron chi connectivity index (χ3n) is 9.67. The number of aryl methyl sites for hydroxylation is 1. The number of amides is 2. The molecule has 3 atom stereocenters. The number of benzene rings is 2. The molecule has 4 heterocycles. The highest BCUT2D eigenvalue weighted by Crippen LogP contribution is 2.34. The molecule has 10 nitrogen and oxygen atoms in total. The van der Waals surface area contributed by atoms with Crippen LogP contribution < -0.4 is 16.7 Å². The molecular weight excluding hydrogens is 576 g/mol. The highest BCUT2D eigenvalue weighted by molar-refractivity contribution is 7.82. The molecular formula is C33H44N6O4S. The number of fused-ring (bicyclic) bond motifs is 1. The summed E-state index contributed by atoms with van der Waals surface area (Å²) < 4.78 is 18.5. The number of nitrogens with zero attached hydrogens (tertiary/aromatic N) is 4. The van der Waals surface area contributed by atoms with E-state index in [4.69, 9.17) is 5.73 Å². The van der Waals surface area contributed by atoms with Gasteiger partial charge in [0, 0.05) is 39.1 Å². The Morgan fingerprint density at radius 2 is 1.70 bits per heavy atom. The molecule has 1 aromatic heterocycles. The molecule has 0 bridgehead atoms. The number of nitrogens with one attached hydrogen (secondary N) is 1. The van der Waals surface area contributed by atoms with Crippen LogP contribution in [-0.4, -0.2) is 73.1 Å². The van der Waals surface area contributed by atoms with Gasteiger partial charge in [-0.1, -0.05) is 31.2 Å². The normalized spacial score (nSPS) is 22.8. The average molecular weight is 621 g/mol. The zero-order valence-electron chi connectivity index (χ0n) is 25.7. The number of carbonyl (C=O) groups is 2. The smallest absolute Gasteiger partial charge is 0.328 e. The molecule has 3 unspecified atom stereocenters. The summed E-state index contributed by atoms with van der Waals surface area (Å²) in [7, 11) is 0.634. The van der Waals surface area contributed by atoms with Crippen molar-refractivity contribution in [2.45, 2.75) is 74.8 Å². The Bertz CT molecular complexity index is 1620. The molecule has 3 aliphatic rings. The molecule has 3 aliphatic heterocycles. The highest BCUT2D eigenvalue weighted by atomic mass is 32.2. The first-order chi connectivity index (χ1) is 21.2. The quantitative estimate of drug-likeness (QED) is 0.374. The van der Waals surface area contributed by atoms with Crippen LogP contribution in [-0.2, 0) is 34.0 Å². The summed E-state index contributed by atoms with van der Waals surface area (Å²) >= 11 is 0. The van der Waals surface area contributed by atoms with Gasteiger partial charge < -0.3 is 10.6 Å². The summed E-state index contributed by atoms with van der Waals surface area (Å²) in [5.41, 5.74) is 9.83. The second kappa shape index (κ2) is 13.1. The van der Waals surface area contributed by atoms with Crippen molar-refractivity contribution in [2.75, 3.05) is 32.7 Å². The number of imidazole rings is 1. The van der Waals surface area contributed by atoms with Crippen LogP contribution in [0.3, 0.4) is 0 Å². The number of aromatic nitrogens is 2. The van der Waals surface area contributed by atoms with Gasteiger partial charge in [0.1, 0.15) is 17.0 Å². The third-order valence-corrected chi connectivity index (χ3v) is 11.2. The maximum atomic E-state index is 13.4. The fourth-order valence-corrected chi connectivity index (χ4v) is 8.62. The summed E-state index contributed by atoms with van der Waals surface area (Å²) in [6, 6.07) is 13.8. The minimum Gasteiger partial charge on any atom is -0.328 e. The first kappa shape index (κ1) is 30.9. The van der Waals surface area contributed by atoms with E-state index in [9.17, 15) is 18.6 Å². The van der Waals surface area contributed by atoms with Crippen LogP contribution in [0.15, 0.2) is 52.2 Å². The van der Waals surface area contributed by atoms with Crippen molar-refractivity contribution < 1.29 is 13.8 Å². The second-order valence-corrected chi connectivity index (χ2v) is 14.4. The van der Waals surface area contributed by atoms with Crippen LogP contribution in [0.5, 0.6) is 0 Å². The Balaban J connectivity index is 1.08. The summed E-state index contributed by atoms with van der Waals surface area (Å²) in [6.07, 6.45) is 5.28. The number of para-hydroxylation sites is 1. The van der Waals surface area contributed by atoms with Gasteiger partial charge in [-0.15, -0.1) is 0 Å². The fraction of sp³-hybridized carbons (Fsp3) is 0.545. The Hall–Kier alpha value is -3.12. The molecule has 3 aromatic rings. The number of nitrogens with two attached hydrogens (primary N) is 1. The number of imide groups is 1. The Morgan fingerprint density at radius 1 is 0.977 bits per heavy atom. The van der Waals surface area contributed by atoms with Crippen molar-refractivity contribution in [2.24, 2.45) is 18.7 Å². The summed E-state index contributed by atoms with van der Waals surface area (Å²) in [4.78, 5) is 41.1. The van der Waals surface area contributed by atoms with Gasteiger partial charge in [-0.2, -0.15) is 0 Å². The summed E-state index contributed by atoms with van der Waals surface area (Å²) in [5.74, 6) is 0.0837. The van der Waals surface area contributed by atoms with Crippen LogP contribution in [0.4, 0.5) is 0 Å². The van der Waals surface area contributed by atoms with Crippen molar-refractivity contribution in [3.63, 3.8) is 0 Å². The summed E-state index contributed by atoms with van der Waals surface area (Å²) in [5, 5.41) is 2.39. The first-order valence-corrected chi connectivity index (χ1v) is 17.1. The molecule has 0 radical (unpaired) electrons. The van der Waals surface area contributed by atoms with Gasteiger partial charge in [-0.05, 0) is 92.8 Å². The lowest BCUT2D eigenvalue weighted by molar-refractivity contribution is -0.135. The highest BCUT2D eigenvalue weighted by Gasteiger charge is 2.33. The topological polar surface area (TPSA) is 123 Å². The Kier molecular flexibility index (Phi) is 9.18. The Morgan fingerprint density at radius 3 is 2.43 bits per heavy atom. The molecule has 3 N–H and O–H groups in total. The second-order valence-electron chi connectivity index (χ2n) is 12.9. The van der Waals surface area contributed by atoms with Crippen molar-refractivity contribution in [3.8, 4) is 0 Å². The first-order valence-electron chi connectivity index (χ1n) is 16.0. The molecule has 2 amide bonds. The van der Waals surface area contributed by atoms with E-state index < -0.39 is 22.9 Å². The van der Waals surface area contributed by atoms with E-state index in [-0.39, 0.29) is 24.1 Å². The van der Waals surface area contributed by atoms with Gasteiger partial charge in [-0.3, -0.25) is 24.0 Å². The van der Waals surface area contributed by atoms with Crippen LogP contribution in [0.1, 0.15) is 68.5 Å².